The molecule has 0 amide bonds. The average Bonchev–Trinajstić information content (AvgIpc) is 2.98. The van der Waals surface area contributed by atoms with Crippen LogP contribution in [0.5, 0.6) is 0 Å². The molecule has 1 heterocycles. The Bertz CT molecular complexity index is 339. The summed E-state index contributed by atoms with van der Waals surface area (Å²) in [5.74, 6) is 0.743. The van der Waals surface area contributed by atoms with E-state index in [4.69, 9.17) is 5.73 Å². The van der Waals surface area contributed by atoms with Crippen LogP contribution >= 0.6 is 11.3 Å². The fourth-order valence-electron chi connectivity index (χ4n) is 2.33. The monoisotopic (exact) mass is 252 g/mol. The maximum absolute atomic E-state index is 6.45. The third kappa shape index (κ3) is 3.54. The zero-order valence-electron chi connectivity index (χ0n) is 11.1. The van der Waals surface area contributed by atoms with Crippen LogP contribution < -0.4 is 5.73 Å². The van der Waals surface area contributed by atoms with Gasteiger partial charge in [0.25, 0.3) is 0 Å². The summed E-state index contributed by atoms with van der Waals surface area (Å²) in [6.45, 7) is 8.78. The second-order valence-electron chi connectivity index (χ2n) is 5.86. The van der Waals surface area contributed by atoms with Crippen LogP contribution in [0, 0.1) is 5.92 Å². The highest BCUT2D eigenvalue weighted by molar-refractivity contribution is 7.09. The van der Waals surface area contributed by atoms with Gasteiger partial charge in [-0.15, -0.1) is 11.3 Å². The highest BCUT2D eigenvalue weighted by Crippen LogP contribution is 2.38. The summed E-state index contributed by atoms with van der Waals surface area (Å²) in [5.41, 5.74) is 6.44. The van der Waals surface area contributed by atoms with Crippen LogP contribution in [0.2, 0.25) is 0 Å². The van der Waals surface area contributed by atoms with E-state index in [1.165, 1.54) is 17.7 Å². The third-order valence-electron chi connectivity index (χ3n) is 3.72. The number of hydrogen-bond acceptors (Lipinski definition) is 3. The molecule has 2 N–H and O–H groups in total. The first-order valence-corrected chi connectivity index (χ1v) is 7.42. The Morgan fingerprint density at radius 2 is 2.24 bits per heavy atom. The van der Waals surface area contributed by atoms with Crippen molar-refractivity contribution in [1.29, 1.82) is 0 Å². The van der Waals surface area contributed by atoms with Gasteiger partial charge < -0.3 is 5.73 Å². The summed E-state index contributed by atoms with van der Waals surface area (Å²) in [5, 5.41) is 2.15. The lowest BCUT2D eigenvalue weighted by Gasteiger charge is -2.35. The Morgan fingerprint density at radius 3 is 2.71 bits per heavy atom. The van der Waals surface area contributed by atoms with Crippen molar-refractivity contribution in [3.05, 3.63) is 22.4 Å². The molecule has 3 heteroatoms. The zero-order valence-corrected chi connectivity index (χ0v) is 12.0. The molecule has 1 aliphatic rings. The normalized spacial score (nSPS) is 19.9. The molecule has 0 spiro atoms. The second-order valence-corrected chi connectivity index (χ2v) is 6.89. The number of nitrogens with zero attached hydrogens (tertiary/aromatic N) is 1. The van der Waals surface area contributed by atoms with Gasteiger partial charge in [0.15, 0.2) is 0 Å². The topological polar surface area (TPSA) is 29.3 Å². The van der Waals surface area contributed by atoms with Crippen molar-refractivity contribution < 1.29 is 0 Å². The Morgan fingerprint density at radius 1 is 1.53 bits per heavy atom. The molecule has 2 rings (SSSR count). The molecule has 0 aromatic carbocycles. The lowest BCUT2D eigenvalue weighted by atomic mass is 9.96. The van der Waals surface area contributed by atoms with Gasteiger partial charge in [0.1, 0.15) is 0 Å². The first kappa shape index (κ1) is 13.1. The zero-order chi connectivity index (χ0) is 12.5. The average molecular weight is 252 g/mol. The first-order valence-electron chi connectivity index (χ1n) is 6.54. The van der Waals surface area contributed by atoms with Crippen molar-refractivity contribution in [2.75, 3.05) is 6.54 Å². The SMILES string of the molecule is CC(C)N(Cc1cccs1)CC(C)(N)C1CC1. The number of thiophene rings is 1. The van der Waals surface area contributed by atoms with E-state index in [-0.39, 0.29) is 5.54 Å². The highest BCUT2D eigenvalue weighted by Gasteiger charge is 2.39. The quantitative estimate of drug-likeness (QED) is 0.843. The van der Waals surface area contributed by atoms with E-state index in [1.807, 2.05) is 11.3 Å². The van der Waals surface area contributed by atoms with Gasteiger partial charge in [0.2, 0.25) is 0 Å². The maximum Gasteiger partial charge on any atom is 0.0331 e. The fourth-order valence-corrected chi connectivity index (χ4v) is 3.06. The summed E-state index contributed by atoms with van der Waals surface area (Å²) < 4.78 is 0. The number of rotatable bonds is 6. The Hall–Kier alpha value is -0.380. The smallest absolute Gasteiger partial charge is 0.0331 e. The predicted molar refractivity (Wildman–Crippen MR) is 75.2 cm³/mol. The maximum atomic E-state index is 6.45. The van der Waals surface area contributed by atoms with Gasteiger partial charge in [-0.3, -0.25) is 4.90 Å². The lowest BCUT2D eigenvalue weighted by molar-refractivity contribution is 0.159. The Balaban J connectivity index is 1.97. The number of hydrogen-bond donors (Lipinski definition) is 1. The van der Waals surface area contributed by atoms with Gasteiger partial charge >= 0.3 is 0 Å². The summed E-state index contributed by atoms with van der Waals surface area (Å²) in [7, 11) is 0. The van der Waals surface area contributed by atoms with Gasteiger partial charge in [-0.05, 0) is 51.0 Å². The molecule has 17 heavy (non-hydrogen) atoms. The molecule has 96 valence electrons. The summed E-state index contributed by atoms with van der Waals surface area (Å²) in [6.07, 6.45) is 2.63. The molecule has 1 atom stereocenters. The highest BCUT2D eigenvalue weighted by atomic mass is 32.1. The minimum absolute atomic E-state index is 0.0124. The van der Waals surface area contributed by atoms with Crippen molar-refractivity contribution in [3.63, 3.8) is 0 Å². The van der Waals surface area contributed by atoms with Crippen molar-refractivity contribution in [1.82, 2.24) is 4.90 Å². The van der Waals surface area contributed by atoms with Crippen molar-refractivity contribution in [2.45, 2.75) is 51.7 Å². The summed E-state index contributed by atoms with van der Waals surface area (Å²) in [4.78, 5) is 3.94. The molecule has 1 aliphatic carbocycles. The largest absolute Gasteiger partial charge is 0.324 e. The van der Waals surface area contributed by atoms with Crippen LogP contribution in [0.3, 0.4) is 0 Å². The van der Waals surface area contributed by atoms with E-state index < -0.39 is 0 Å². The van der Waals surface area contributed by atoms with Gasteiger partial charge in [0, 0.05) is 29.5 Å². The molecule has 0 saturated heterocycles. The van der Waals surface area contributed by atoms with Crippen molar-refractivity contribution in [3.8, 4) is 0 Å². The fraction of sp³-hybridized carbons (Fsp3) is 0.714. The van der Waals surface area contributed by atoms with Gasteiger partial charge in [0.05, 0.1) is 0 Å². The molecule has 0 bridgehead atoms. The van der Waals surface area contributed by atoms with Crippen LogP contribution in [0.25, 0.3) is 0 Å². The molecule has 0 aliphatic heterocycles. The molecule has 1 fully saturated rings. The molecular weight excluding hydrogens is 228 g/mol. The minimum atomic E-state index is -0.0124. The third-order valence-corrected chi connectivity index (χ3v) is 4.58. The Kier molecular flexibility index (Phi) is 3.91. The molecule has 1 aromatic heterocycles. The second kappa shape index (κ2) is 5.09. The summed E-state index contributed by atoms with van der Waals surface area (Å²) in [6, 6.07) is 4.89. The standard InChI is InChI=1S/C14H24N2S/c1-11(2)16(9-13-5-4-8-17-13)10-14(3,15)12-6-7-12/h4-5,8,11-12H,6-7,9-10,15H2,1-3H3. The van der Waals surface area contributed by atoms with Gasteiger partial charge in [-0.2, -0.15) is 0 Å². The molecular formula is C14H24N2S. The van der Waals surface area contributed by atoms with E-state index in [0.717, 1.165) is 19.0 Å². The molecule has 2 nitrogen and oxygen atoms in total. The molecule has 1 unspecified atom stereocenters. The van der Waals surface area contributed by atoms with E-state index in [9.17, 15) is 0 Å². The van der Waals surface area contributed by atoms with E-state index in [1.54, 1.807) is 0 Å². The van der Waals surface area contributed by atoms with Crippen LogP contribution in [0.15, 0.2) is 17.5 Å². The minimum Gasteiger partial charge on any atom is -0.324 e. The van der Waals surface area contributed by atoms with Crippen LogP contribution in [0.1, 0.15) is 38.5 Å². The number of nitrogens with two attached hydrogens (primary N) is 1. The summed E-state index contributed by atoms with van der Waals surface area (Å²) >= 11 is 1.84. The van der Waals surface area contributed by atoms with Crippen LogP contribution in [-0.2, 0) is 6.54 Å². The molecule has 1 saturated carbocycles. The lowest BCUT2D eigenvalue weighted by Crippen LogP contribution is -2.51. The van der Waals surface area contributed by atoms with Gasteiger partial charge in [-0.25, -0.2) is 0 Å². The predicted octanol–water partition coefficient (Wildman–Crippen LogP) is 3.09. The van der Waals surface area contributed by atoms with E-state index in [0.29, 0.717) is 6.04 Å². The molecule has 1 aromatic rings. The van der Waals surface area contributed by atoms with E-state index in [2.05, 4.69) is 43.2 Å². The van der Waals surface area contributed by atoms with Crippen LogP contribution in [0.4, 0.5) is 0 Å². The Labute approximate surface area is 109 Å². The van der Waals surface area contributed by atoms with Gasteiger partial charge in [-0.1, -0.05) is 6.07 Å². The van der Waals surface area contributed by atoms with E-state index >= 15 is 0 Å². The van der Waals surface area contributed by atoms with Crippen LogP contribution in [-0.4, -0.2) is 23.0 Å². The first-order chi connectivity index (χ1) is 7.99. The molecule has 0 radical (unpaired) electrons. The van der Waals surface area contributed by atoms with Crippen molar-refractivity contribution >= 4 is 11.3 Å². The van der Waals surface area contributed by atoms with Crippen molar-refractivity contribution in [2.24, 2.45) is 11.7 Å².